The van der Waals surface area contributed by atoms with Gasteiger partial charge in [0, 0.05) is 13.6 Å². The zero-order chi connectivity index (χ0) is 12.4. The second-order valence-corrected chi connectivity index (χ2v) is 4.03. The molecule has 0 atom stereocenters. The van der Waals surface area contributed by atoms with Crippen molar-refractivity contribution in [2.75, 3.05) is 29.9 Å². The van der Waals surface area contributed by atoms with Gasteiger partial charge in [0.05, 0.1) is 24.3 Å². The lowest BCUT2D eigenvalue weighted by molar-refractivity contribution is -0.136. The Morgan fingerprint density at radius 2 is 2.00 bits per heavy atom. The molecule has 1 aromatic rings. The van der Waals surface area contributed by atoms with Crippen LogP contribution in [0.5, 0.6) is 0 Å². The normalized spacial score (nSPS) is 14.8. The number of fused-ring (bicyclic) bond motifs is 1. The highest BCUT2D eigenvalue weighted by atomic mass is 16.4. The van der Waals surface area contributed by atoms with Crippen molar-refractivity contribution >= 4 is 23.3 Å². The van der Waals surface area contributed by atoms with Crippen molar-refractivity contribution in [1.29, 1.82) is 0 Å². The molecule has 17 heavy (non-hydrogen) atoms. The van der Waals surface area contributed by atoms with Gasteiger partial charge in [-0.25, -0.2) is 0 Å². The van der Waals surface area contributed by atoms with Crippen LogP contribution in [0.25, 0.3) is 0 Å². The predicted molar refractivity (Wildman–Crippen MR) is 64.3 cm³/mol. The van der Waals surface area contributed by atoms with Gasteiger partial charge in [0.25, 0.3) is 0 Å². The topological polar surface area (TPSA) is 60.9 Å². The summed E-state index contributed by atoms with van der Waals surface area (Å²) in [6.45, 7) is 0.510. The Balaban J connectivity index is 2.29. The summed E-state index contributed by atoms with van der Waals surface area (Å²) in [5, 5.41) is 8.68. The van der Waals surface area contributed by atoms with E-state index in [-0.39, 0.29) is 25.4 Å². The molecule has 1 aromatic carbocycles. The molecule has 90 valence electrons. The number of rotatable bonds is 3. The molecule has 0 fully saturated rings. The molecule has 0 spiro atoms. The summed E-state index contributed by atoms with van der Waals surface area (Å²) in [4.78, 5) is 25.9. The zero-order valence-electron chi connectivity index (χ0n) is 9.59. The van der Waals surface area contributed by atoms with Gasteiger partial charge in [0.1, 0.15) is 0 Å². The molecule has 2 rings (SSSR count). The Labute approximate surface area is 99.3 Å². The number of likely N-dealkylation sites (N-methyl/N-ethyl adjacent to an activating group) is 1. The van der Waals surface area contributed by atoms with E-state index in [1.807, 2.05) is 36.2 Å². The number of carboxylic acids is 1. The summed E-state index contributed by atoms with van der Waals surface area (Å²) >= 11 is 0. The standard InChI is InChI=1S/C12H14N2O3/c1-13-8-11(15)14(7-6-12(16)17)10-5-3-2-4-9(10)13/h2-5H,6-8H2,1H3,(H,16,17). The van der Waals surface area contributed by atoms with Crippen LogP contribution in [-0.2, 0) is 9.59 Å². The van der Waals surface area contributed by atoms with Crippen LogP contribution in [0, 0.1) is 0 Å². The highest BCUT2D eigenvalue weighted by Gasteiger charge is 2.26. The van der Waals surface area contributed by atoms with Crippen molar-refractivity contribution in [1.82, 2.24) is 0 Å². The van der Waals surface area contributed by atoms with Crippen LogP contribution in [0.2, 0.25) is 0 Å². The predicted octanol–water partition coefficient (Wildman–Crippen LogP) is 0.944. The number of amides is 1. The van der Waals surface area contributed by atoms with Gasteiger partial charge in [-0.15, -0.1) is 0 Å². The van der Waals surface area contributed by atoms with Crippen LogP contribution >= 0.6 is 0 Å². The quantitative estimate of drug-likeness (QED) is 0.845. The lowest BCUT2D eigenvalue weighted by Gasteiger charge is -2.34. The Bertz CT molecular complexity index is 459. The molecular weight excluding hydrogens is 220 g/mol. The molecule has 0 aliphatic carbocycles. The molecule has 1 heterocycles. The third kappa shape index (κ3) is 2.22. The van der Waals surface area contributed by atoms with E-state index >= 15 is 0 Å². The number of hydrogen-bond donors (Lipinski definition) is 1. The van der Waals surface area contributed by atoms with Gasteiger partial charge in [0.2, 0.25) is 5.91 Å². The Morgan fingerprint density at radius 3 is 2.65 bits per heavy atom. The number of para-hydroxylation sites is 2. The van der Waals surface area contributed by atoms with E-state index in [0.29, 0.717) is 0 Å². The van der Waals surface area contributed by atoms with E-state index in [2.05, 4.69) is 0 Å². The molecule has 0 saturated heterocycles. The lowest BCUT2D eigenvalue weighted by atomic mass is 10.1. The third-order valence-electron chi connectivity index (χ3n) is 2.81. The van der Waals surface area contributed by atoms with Crippen molar-refractivity contribution in [3.8, 4) is 0 Å². The molecule has 5 heteroatoms. The fourth-order valence-electron chi connectivity index (χ4n) is 1.98. The first-order chi connectivity index (χ1) is 8.09. The molecule has 0 unspecified atom stereocenters. The number of carbonyl (C=O) groups excluding carboxylic acids is 1. The average molecular weight is 234 g/mol. The van der Waals surface area contributed by atoms with Crippen LogP contribution in [-0.4, -0.2) is 37.1 Å². The maximum atomic E-state index is 11.9. The second-order valence-electron chi connectivity index (χ2n) is 4.03. The summed E-state index contributed by atoms with van der Waals surface area (Å²) in [7, 11) is 1.85. The molecule has 1 amide bonds. The summed E-state index contributed by atoms with van der Waals surface area (Å²) in [6, 6.07) is 7.51. The first-order valence-electron chi connectivity index (χ1n) is 5.42. The van der Waals surface area contributed by atoms with Crippen LogP contribution in [0.15, 0.2) is 24.3 Å². The van der Waals surface area contributed by atoms with Crippen molar-refractivity contribution in [2.45, 2.75) is 6.42 Å². The van der Waals surface area contributed by atoms with Crippen molar-refractivity contribution in [2.24, 2.45) is 0 Å². The minimum Gasteiger partial charge on any atom is -0.481 e. The van der Waals surface area contributed by atoms with Crippen molar-refractivity contribution < 1.29 is 14.7 Å². The van der Waals surface area contributed by atoms with E-state index in [9.17, 15) is 9.59 Å². The monoisotopic (exact) mass is 234 g/mol. The fraction of sp³-hybridized carbons (Fsp3) is 0.333. The largest absolute Gasteiger partial charge is 0.481 e. The van der Waals surface area contributed by atoms with Gasteiger partial charge in [-0.05, 0) is 12.1 Å². The van der Waals surface area contributed by atoms with Crippen molar-refractivity contribution in [3.63, 3.8) is 0 Å². The van der Waals surface area contributed by atoms with E-state index in [0.717, 1.165) is 11.4 Å². The molecule has 0 aromatic heterocycles. The highest BCUT2D eigenvalue weighted by molar-refractivity contribution is 6.03. The van der Waals surface area contributed by atoms with Crippen LogP contribution < -0.4 is 9.80 Å². The third-order valence-corrected chi connectivity index (χ3v) is 2.81. The maximum absolute atomic E-state index is 11.9. The SMILES string of the molecule is CN1CC(=O)N(CCC(=O)O)c2ccccc21. The average Bonchev–Trinajstić information content (AvgIpc) is 2.28. The molecule has 0 radical (unpaired) electrons. The number of carbonyl (C=O) groups is 2. The van der Waals surface area contributed by atoms with E-state index in [4.69, 9.17) is 5.11 Å². The second kappa shape index (κ2) is 4.45. The Kier molecular flexibility index (Phi) is 2.99. The van der Waals surface area contributed by atoms with Gasteiger partial charge in [-0.2, -0.15) is 0 Å². The summed E-state index contributed by atoms with van der Waals surface area (Å²) in [6.07, 6.45) is -0.0379. The minimum absolute atomic E-state index is 0.0379. The highest BCUT2D eigenvalue weighted by Crippen LogP contribution is 2.32. The van der Waals surface area contributed by atoms with Gasteiger partial charge in [0.15, 0.2) is 0 Å². The number of aliphatic carboxylic acids is 1. The Morgan fingerprint density at radius 1 is 1.35 bits per heavy atom. The fourth-order valence-corrected chi connectivity index (χ4v) is 1.98. The minimum atomic E-state index is -0.894. The van der Waals surface area contributed by atoms with Gasteiger partial charge in [-0.3, -0.25) is 9.59 Å². The lowest BCUT2D eigenvalue weighted by Crippen LogP contribution is -2.45. The first-order valence-corrected chi connectivity index (χ1v) is 5.42. The summed E-state index contributed by atoms with van der Waals surface area (Å²) in [5.74, 6) is -0.957. The molecular formula is C12H14N2O3. The molecule has 1 aliphatic rings. The molecule has 0 saturated carbocycles. The number of hydrogen-bond acceptors (Lipinski definition) is 3. The maximum Gasteiger partial charge on any atom is 0.305 e. The number of anilines is 2. The smallest absolute Gasteiger partial charge is 0.305 e. The molecule has 5 nitrogen and oxygen atoms in total. The van der Waals surface area contributed by atoms with Crippen LogP contribution in [0.4, 0.5) is 11.4 Å². The summed E-state index contributed by atoms with van der Waals surface area (Å²) < 4.78 is 0. The Hall–Kier alpha value is -2.04. The number of benzene rings is 1. The number of nitrogens with zero attached hydrogens (tertiary/aromatic N) is 2. The first kappa shape index (κ1) is 11.4. The molecule has 0 bridgehead atoms. The van der Waals surface area contributed by atoms with E-state index in [1.165, 1.54) is 0 Å². The summed E-state index contributed by atoms with van der Waals surface area (Å²) in [5.41, 5.74) is 1.74. The van der Waals surface area contributed by atoms with Gasteiger partial charge < -0.3 is 14.9 Å². The number of carboxylic acid groups (broad SMARTS) is 1. The molecule has 1 aliphatic heterocycles. The molecule has 1 N–H and O–H groups in total. The zero-order valence-corrected chi connectivity index (χ0v) is 9.59. The van der Waals surface area contributed by atoms with Crippen LogP contribution in [0.3, 0.4) is 0 Å². The van der Waals surface area contributed by atoms with E-state index < -0.39 is 5.97 Å². The van der Waals surface area contributed by atoms with Crippen molar-refractivity contribution in [3.05, 3.63) is 24.3 Å². The van der Waals surface area contributed by atoms with E-state index in [1.54, 1.807) is 4.90 Å². The van der Waals surface area contributed by atoms with Crippen LogP contribution in [0.1, 0.15) is 6.42 Å². The van der Waals surface area contributed by atoms with Gasteiger partial charge in [-0.1, -0.05) is 12.1 Å². The van der Waals surface area contributed by atoms with Gasteiger partial charge >= 0.3 is 5.97 Å².